The van der Waals surface area contributed by atoms with Crippen molar-refractivity contribution in [3.05, 3.63) is 36.1 Å². The predicted molar refractivity (Wildman–Crippen MR) is 78.2 cm³/mol. The van der Waals surface area contributed by atoms with Crippen LogP contribution < -0.4 is 5.14 Å². The molecule has 1 aromatic heterocycles. The lowest BCUT2D eigenvalue weighted by molar-refractivity contribution is 0.0728. The minimum Gasteiger partial charge on any atom is -0.463 e. The second-order valence-corrected chi connectivity index (χ2v) is 7.09. The summed E-state index contributed by atoms with van der Waals surface area (Å²) in [6.45, 7) is 0.668. The highest BCUT2D eigenvalue weighted by atomic mass is 32.2. The van der Waals surface area contributed by atoms with Crippen LogP contribution in [0.15, 0.2) is 34.9 Å². The van der Waals surface area contributed by atoms with E-state index in [9.17, 15) is 13.2 Å². The first-order valence-electron chi connectivity index (χ1n) is 6.74. The Bertz CT molecular complexity index is 781. The molecule has 1 amide bonds. The third kappa shape index (κ3) is 2.66. The predicted octanol–water partition coefficient (Wildman–Crippen LogP) is 1.33. The first-order chi connectivity index (χ1) is 9.97. The molecular formula is C14H16N2O4S. The number of hydrogen-bond acceptors (Lipinski definition) is 4. The molecule has 6 nitrogen and oxygen atoms in total. The first-order valence-corrected chi connectivity index (χ1v) is 8.35. The third-order valence-electron chi connectivity index (χ3n) is 3.84. The number of furan rings is 1. The van der Waals surface area contributed by atoms with Gasteiger partial charge in [0.2, 0.25) is 10.0 Å². The molecule has 1 saturated heterocycles. The Morgan fingerprint density at radius 2 is 2.10 bits per heavy atom. The molecule has 21 heavy (non-hydrogen) atoms. The third-order valence-corrected chi connectivity index (χ3v) is 5.16. The average Bonchev–Trinajstić information content (AvgIpc) is 2.90. The van der Waals surface area contributed by atoms with Gasteiger partial charge in [-0.3, -0.25) is 4.79 Å². The number of para-hydroxylation sites is 1. The van der Waals surface area contributed by atoms with E-state index in [1.54, 1.807) is 6.07 Å². The van der Waals surface area contributed by atoms with E-state index in [0.29, 0.717) is 30.5 Å². The highest BCUT2D eigenvalue weighted by Crippen LogP contribution is 2.24. The van der Waals surface area contributed by atoms with Gasteiger partial charge in [-0.05, 0) is 18.9 Å². The summed E-state index contributed by atoms with van der Waals surface area (Å²) in [5, 5.41) is 5.25. The lowest BCUT2D eigenvalue weighted by atomic mass is 10.1. The molecule has 2 heterocycles. The van der Waals surface area contributed by atoms with E-state index >= 15 is 0 Å². The van der Waals surface area contributed by atoms with Gasteiger partial charge in [0.15, 0.2) is 0 Å². The lowest BCUT2D eigenvalue weighted by Gasteiger charge is -2.31. The number of rotatable bonds is 2. The number of sulfonamides is 1. The summed E-state index contributed by atoms with van der Waals surface area (Å²) in [6.07, 6.45) is 2.55. The number of amides is 1. The normalized spacial score (nSPS) is 19.9. The number of nitrogens with two attached hydrogens (primary N) is 1. The molecule has 2 aromatic rings. The maximum atomic E-state index is 12.6. The van der Waals surface area contributed by atoms with Gasteiger partial charge in [0.25, 0.3) is 5.91 Å². The maximum Gasteiger partial charge on any atom is 0.257 e. The molecule has 0 aliphatic carbocycles. The van der Waals surface area contributed by atoms with Gasteiger partial charge in [-0.15, -0.1) is 0 Å². The Kier molecular flexibility index (Phi) is 3.46. The van der Waals surface area contributed by atoms with Gasteiger partial charge in [-0.25, -0.2) is 13.6 Å². The van der Waals surface area contributed by atoms with Gasteiger partial charge in [-0.2, -0.15) is 0 Å². The second-order valence-electron chi connectivity index (χ2n) is 5.25. The Balaban J connectivity index is 1.88. The number of piperidine rings is 1. The molecule has 1 unspecified atom stereocenters. The van der Waals surface area contributed by atoms with Crippen LogP contribution in [0.5, 0.6) is 0 Å². The molecular weight excluding hydrogens is 292 g/mol. The number of benzene rings is 1. The fraction of sp³-hybridized carbons (Fsp3) is 0.357. The molecule has 2 N–H and O–H groups in total. The zero-order chi connectivity index (χ0) is 15.0. The molecule has 0 spiro atoms. The highest BCUT2D eigenvalue weighted by molar-refractivity contribution is 7.89. The van der Waals surface area contributed by atoms with Crippen LogP contribution in [0.2, 0.25) is 0 Å². The van der Waals surface area contributed by atoms with Crippen LogP contribution in [-0.2, 0) is 10.0 Å². The lowest BCUT2D eigenvalue weighted by Crippen LogP contribution is -2.47. The average molecular weight is 308 g/mol. The molecule has 3 rings (SSSR count). The number of carbonyl (C=O) groups excluding carboxylic acids is 1. The summed E-state index contributed by atoms with van der Waals surface area (Å²) in [5.41, 5.74) is 1.10. The first kappa shape index (κ1) is 14.1. The number of likely N-dealkylation sites (tertiary alicyclic amines) is 1. The van der Waals surface area contributed by atoms with Crippen molar-refractivity contribution in [2.45, 2.75) is 18.1 Å². The van der Waals surface area contributed by atoms with Crippen LogP contribution in [0.3, 0.4) is 0 Å². The Labute approximate surface area is 122 Å². The number of nitrogens with zero attached hydrogens (tertiary/aromatic N) is 1. The smallest absolute Gasteiger partial charge is 0.257 e. The van der Waals surface area contributed by atoms with Crippen molar-refractivity contribution in [2.75, 3.05) is 13.1 Å². The zero-order valence-electron chi connectivity index (χ0n) is 11.4. The fourth-order valence-corrected chi connectivity index (χ4v) is 3.59. The molecule has 1 atom stereocenters. The van der Waals surface area contributed by atoms with Crippen molar-refractivity contribution in [1.29, 1.82) is 0 Å². The van der Waals surface area contributed by atoms with Crippen molar-refractivity contribution >= 4 is 26.9 Å². The topological polar surface area (TPSA) is 93.6 Å². The van der Waals surface area contributed by atoms with Crippen molar-refractivity contribution in [1.82, 2.24) is 4.90 Å². The maximum absolute atomic E-state index is 12.6. The van der Waals surface area contributed by atoms with E-state index in [4.69, 9.17) is 9.56 Å². The summed E-state index contributed by atoms with van der Waals surface area (Å²) in [5.74, 6) is -0.215. The summed E-state index contributed by atoms with van der Waals surface area (Å²) < 4.78 is 28.3. The highest BCUT2D eigenvalue weighted by Gasteiger charge is 2.31. The molecule has 0 bridgehead atoms. The quantitative estimate of drug-likeness (QED) is 0.905. The van der Waals surface area contributed by atoms with Crippen LogP contribution in [-0.4, -0.2) is 37.6 Å². The molecule has 0 radical (unpaired) electrons. The van der Waals surface area contributed by atoms with Crippen molar-refractivity contribution in [2.24, 2.45) is 5.14 Å². The van der Waals surface area contributed by atoms with Crippen molar-refractivity contribution in [3.8, 4) is 0 Å². The summed E-state index contributed by atoms with van der Waals surface area (Å²) >= 11 is 0. The SMILES string of the molecule is NS(=O)(=O)C1CCCN(C(=O)c2coc3ccccc23)C1. The number of hydrogen-bond donors (Lipinski definition) is 1. The summed E-state index contributed by atoms with van der Waals surface area (Å²) in [6, 6.07) is 7.26. The van der Waals surface area contributed by atoms with Crippen LogP contribution in [0.25, 0.3) is 11.0 Å². The van der Waals surface area contributed by atoms with Gasteiger partial charge < -0.3 is 9.32 Å². The van der Waals surface area contributed by atoms with Gasteiger partial charge in [0.1, 0.15) is 11.8 Å². The Morgan fingerprint density at radius 3 is 2.86 bits per heavy atom. The largest absolute Gasteiger partial charge is 0.463 e. The summed E-state index contributed by atoms with van der Waals surface area (Å²) in [7, 11) is -3.62. The van der Waals surface area contributed by atoms with Gasteiger partial charge in [0.05, 0.1) is 10.8 Å². The molecule has 1 aromatic carbocycles. The summed E-state index contributed by atoms with van der Waals surface area (Å²) in [4.78, 5) is 14.1. The van der Waals surface area contributed by atoms with E-state index in [1.807, 2.05) is 18.2 Å². The van der Waals surface area contributed by atoms with Crippen LogP contribution in [0, 0.1) is 0 Å². The molecule has 7 heteroatoms. The van der Waals surface area contributed by atoms with Crippen molar-refractivity contribution in [3.63, 3.8) is 0 Å². The number of fused-ring (bicyclic) bond motifs is 1. The van der Waals surface area contributed by atoms with Crippen LogP contribution in [0.1, 0.15) is 23.2 Å². The van der Waals surface area contributed by atoms with E-state index in [-0.39, 0.29) is 12.5 Å². The minimum atomic E-state index is -3.62. The van der Waals surface area contributed by atoms with Crippen LogP contribution >= 0.6 is 0 Å². The molecule has 1 aliphatic heterocycles. The van der Waals surface area contributed by atoms with E-state index in [1.165, 1.54) is 11.2 Å². The molecule has 1 aliphatic rings. The Hall–Kier alpha value is -1.86. The van der Waals surface area contributed by atoms with E-state index in [2.05, 4.69) is 0 Å². The minimum absolute atomic E-state index is 0.136. The molecule has 1 fully saturated rings. The zero-order valence-corrected chi connectivity index (χ0v) is 12.2. The Morgan fingerprint density at radius 1 is 1.33 bits per heavy atom. The van der Waals surface area contributed by atoms with E-state index < -0.39 is 15.3 Å². The second kappa shape index (κ2) is 5.16. The molecule has 112 valence electrons. The van der Waals surface area contributed by atoms with Crippen LogP contribution in [0.4, 0.5) is 0 Å². The monoisotopic (exact) mass is 308 g/mol. The number of primary sulfonamides is 1. The standard InChI is InChI=1S/C14H16N2O4S/c15-21(18,19)10-4-3-7-16(8-10)14(17)12-9-20-13-6-2-1-5-11(12)13/h1-2,5-6,9-10H,3-4,7-8H2,(H2,15,18,19). The molecule has 0 saturated carbocycles. The van der Waals surface area contributed by atoms with Gasteiger partial charge in [-0.1, -0.05) is 18.2 Å². The van der Waals surface area contributed by atoms with E-state index in [0.717, 1.165) is 5.39 Å². The van der Waals surface area contributed by atoms with Gasteiger partial charge in [0, 0.05) is 18.5 Å². The van der Waals surface area contributed by atoms with Crippen molar-refractivity contribution < 1.29 is 17.6 Å². The number of carbonyl (C=O) groups is 1. The van der Waals surface area contributed by atoms with Gasteiger partial charge >= 0.3 is 0 Å². The fourth-order valence-electron chi connectivity index (χ4n) is 2.70.